The van der Waals surface area contributed by atoms with Crippen molar-refractivity contribution in [3.8, 4) is 44.5 Å². The number of nitrogens with two attached hydrogens (primary N) is 1. The molecule has 0 radical (unpaired) electrons. The molecule has 4 unspecified atom stereocenters. The topological polar surface area (TPSA) is 247 Å². The van der Waals surface area contributed by atoms with Gasteiger partial charge in [-0.15, -0.1) is 45.3 Å². The lowest BCUT2D eigenvalue weighted by Gasteiger charge is -2.20. The quantitative estimate of drug-likeness (QED) is 0.0173. The second-order valence-corrected chi connectivity index (χ2v) is 37.4. The molecular weight excluding hydrogens is 1880 g/mol. The third-order valence-corrected chi connectivity index (χ3v) is 23.3. The maximum Gasteiger partial charge on any atom is 0.342 e. The highest BCUT2D eigenvalue weighted by atomic mass is 35.5. The van der Waals surface area contributed by atoms with Crippen molar-refractivity contribution < 1.29 is 75.2 Å². The van der Waals surface area contributed by atoms with Crippen molar-refractivity contribution in [2.45, 2.75) is 129 Å². The van der Waals surface area contributed by atoms with Gasteiger partial charge in [0.25, 0.3) is 23.0 Å². The summed E-state index contributed by atoms with van der Waals surface area (Å²) in [6.07, 6.45) is -7.87. The largest absolute Gasteiger partial charge is 0.478 e. The number of ether oxygens (including phenoxy) is 3. The van der Waals surface area contributed by atoms with Gasteiger partial charge in [-0.2, -0.15) is 0 Å². The Morgan fingerprint density at radius 3 is 0.816 bits per heavy atom. The number of hydrogen-bond donors (Lipinski definition) is 5. The van der Waals surface area contributed by atoms with Gasteiger partial charge >= 0.3 is 23.9 Å². The number of benzene rings is 8. The Labute approximate surface area is 781 Å². The van der Waals surface area contributed by atoms with Crippen LogP contribution in [0.2, 0.25) is 40.2 Å². The molecule has 12 aromatic rings. The number of nitrogens with one attached hydrogen (secondary N) is 3. The van der Waals surface area contributed by atoms with Crippen LogP contribution in [-0.4, -0.2) is 93.4 Å². The van der Waals surface area contributed by atoms with Crippen LogP contribution in [0.3, 0.4) is 0 Å². The van der Waals surface area contributed by atoms with Crippen LogP contribution in [0.4, 0.5) is 37.6 Å². The molecule has 0 fully saturated rings. The first kappa shape index (κ1) is 101. The molecule has 12 rings (SSSR count). The molecular formula is C92H81Cl9F4N4O12S4. The lowest BCUT2D eigenvalue weighted by Crippen LogP contribution is -2.28. The average Bonchev–Trinajstić information content (AvgIpc) is 1.67. The fraction of sp³-hybridized carbons (Fsp3) is 0.217. The molecule has 0 saturated carbocycles. The summed E-state index contributed by atoms with van der Waals surface area (Å²) in [7, 11) is 0. The van der Waals surface area contributed by atoms with Crippen molar-refractivity contribution >= 4 is 217 Å². The maximum absolute atomic E-state index is 14.7. The SMILES string of the molecule is CC(C)(C)OC(=O)c1c(-c2ccc(Cl)cc2)csc1N.CC(C)(C)OC(=O)c1c(-c2ccc(Cl)cc2)csc1NC(=O)C(F)Cc1ccccc1Cl.CC(C)(C)OC(=O)c1c(-c2ccc(Cl)cc2)csc1NC(=O)C(F)Cc1ccccc1Cl.O=C(Cl)C(F)Cc1ccccc1Cl.O=C(O)c1c(-c2ccc(Cl)cc2)csc1NC(=O)C(F)Cc1ccccc1Cl. The number of halogens is 13. The number of esters is 3. The standard InChI is InChI=1S/2C24H22Cl2FNO3S.C20H14Cl2FNO3S.C15H16ClNO2S.C9H7Cl2FO/c2*1-24(2,3)31-23(30)20-17(14-8-10-16(25)11-9-14)13-32-22(20)28-21(29)19(27)12-15-6-4-5-7-18(15)26;21-13-7-5-11(6-8-13)14-10-28-19(17(14)20(26)27)24-18(25)16(23)9-12-3-1-2-4-15(12)22;1-15(2,3)19-14(18)12-11(8-20-13(12)17)9-4-6-10(16)7-5-9;10-7-4-2-1-3-6(7)5-8(12)9(11)13/h2*4-11,13,19H,12H2,1-3H3,(H,28,29);1-8,10,16H,9H2,(H,24,25)(H,26,27);4-8H,17H2,1-3H3;1-4,8H,5H2. The Morgan fingerprint density at radius 2 is 0.568 bits per heavy atom. The van der Waals surface area contributed by atoms with Gasteiger partial charge in [0.2, 0.25) is 0 Å². The van der Waals surface area contributed by atoms with Crippen molar-refractivity contribution in [2.24, 2.45) is 0 Å². The van der Waals surface area contributed by atoms with Crippen LogP contribution in [0.25, 0.3) is 44.5 Å². The van der Waals surface area contributed by atoms with Crippen molar-refractivity contribution in [1.29, 1.82) is 0 Å². The minimum Gasteiger partial charge on any atom is -0.478 e. The zero-order chi connectivity index (χ0) is 91.9. The number of carbonyl (C=O) groups is 8. The molecule has 125 heavy (non-hydrogen) atoms. The number of carbonyl (C=O) groups excluding carboxylic acids is 7. The Balaban J connectivity index is 0.000000199. The molecule has 33 heteroatoms. The van der Waals surface area contributed by atoms with E-state index in [0.29, 0.717) is 95.3 Å². The molecule has 0 aliphatic rings. The van der Waals surface area contributed by atoms with Crippen molar-refractivity contribution in [1.82, 2.24) is 0 Å². The third kappa shape index (κ3) is 30.7. The first-order valence-corrected chi connectivity index (χ1v) is 44.6. The number of rotatable bonds is 23. The lowest BCUT2D eigenvalue weighted by molar-refractivity contribution is -0.121. The average molecular weight is 1960 g/mol. The third-order valence-electron chi connectivity index (χ3n) is 17.1. The number of anilines is 4. The summed E-state index contributed by atoms with van der Waals surface area (Å²) in [6, 6.07) is 54.7. The normalized spacial score (nSPS) is 12.1. The summed E-state index contributed by atoms with van der Waals surface area (Å²) in [5, 5.41) is 27.8. The molecule has 656 valence electrons. The number of thiophene rings is 4. The molecule has 0 saturated heterocycles. The Hall–Kier alpha value is -9.35. The van der Waals surface area contributed by atoms with E-state index in [0.717, 1.165) is 56.3 Å². The van der Waals surface area contributed by atoms with Crippen LogP contribution in [0.15, 0.2) is 216 Å². The molecule has 8 aromatic carbocycles. The monoisotopic (exact) mass is 1950 g/mol. The van der Waals surface area contributed by atoms with Crippen LogP contribution >= 0.6 is 150 Å². The molecule has 6 N–H and O–H groups in total. The minimum atomic E-state index is -1.87. The Morgan fingerprint density at radius 1 is 0.344 bits per heavy atom. The summed E-state index contributed by atoms with van der Waals surface area (Å²) < 4.78 is 73.2. The van der Waals surface area contributed by atoms with E-state index in [1.807, 2.05) is 38.3 Å². The van der Waals surface area contributed by atoms with Gasteiger partial charge in [-0.25, -0.2) is 36.7 Å². The second kappa shape index (κ2) is 46.4. The summed E-state index contributed by atoms with van der Waals surface area (Å²) in [4.78, 5) is 97.8. The Kier molecular flexibility index (Phi) is 37.5. The molecule has 4 aromatic heterocycles. The molecule has 16 nitrogen and oxygen atoms in total. The van der Waals surface area contributed by atoms with Crippen LogP contribution in [0.1, 0.15) is 126 Å². The number of aromatic carboxylic acids is 1. The van der Waals surface area contributed by atoms with Gasteiger partial charge in [-0.3, -0.25) is 19.2 Å². The highest BCUT2D eigenvalue weighted by Gasteiger charge is 2.33. The number of hydrogen-bond acceptors (Lipinski definition) is 16. The highest BCUT2D eigenvalue weighted by molar-refractivity contribution is 7.16. The molecule has 0 aliphatic heterocycles. The summed E-state index contributed by atoms with van der Waals surface area (Å²) in [5.74, 6) is -5.49. The van der Waals surface area contributed by atoms with Crippen molar-refractivity contribution in [3.63, 3.8) is 0 Å². The van der Waals surface area contributed by atoms with Gasteiger partial charge in [-0.1, -0.05) is 214 Å². The molecule has 3 amide bonds. The van der Waals surface area contributed by atoms with E-state index in [1.165, 1.54) is 11.3 Å². The summed E-state index contributed by atoms with van der Waals surface area (Å²) in [6.45, 7) is 16.0. The second-order valence-electron chi connectivity index (χ2n) is 30.1. The number of amides is 3. The van der Waals surface area contributed by atoms with Gasteiger partial charge in [0.05, 0.1) is 0 Å². The van der Waals surface area contributed by atoms with Crippen LogP contribution < -0.4 is 21.7 Å². The zero-order valence-corrected chi connectivity index (χ0v) is 78.1. The van der Waals surface area contributed by atoms with Gasteiger partial charge in [0.15, 0.2) is 24.7 Å². The first-order valence-electron chi connectivity index (χ1n) is 37.7. The minimum absolute atomic E-state index is 0.0675. The van der Waals surface area contributed by atoms with E-state index >= 15 is 0 Å². The van der Waals surface area contributed by atoms with E-state index in [-0.39, 0.29) is 57.4 Å². The smallest absolute Gasteiger partial charge is 0.342 e. The predicted molar refractivity (Wildman–Crippen MR) is 503 cm³/mol. The van der Waals surface area contributed by atoms with Crippen LogP contribution in [-0.2, 0) is 59.1 Å². The van der Waals surface area contributed by atoms with E-state index in [9.17, 15) is 61.0 Å². The van der Waals surface area contributed by atoms with Crippen LogP contribution in [0.5, 0.6) is 0 Å². The van der Waals surface area contributed by atoms with Crippen molar-refractivity contribution in [3.05, 3.63) is 300 Å². The highest BCUT2D eigenvalue weighted by Crippen LogP contribution is 2.42. The number of carboxylic acid groups (broad SMARTS) is 1. The first-order chi connectivity index (χ1) is 58.8. The molecule has 4 atom stereocenters. The van der Waals surface area contributed by atoms with Crippen molar-refractivity contribution in [2.75, 3.05) is 21.7 Å². The van der Waals surface area contributed by atoms with Gasteiger partial charge in [0, 0.05) is 110 Å². The van der Waals surface area contributed by atoms with E-state index < -0.39 is 88.3 Å². The molecule has 0 bridgehead atoms. The maximum atomic E-state index is 14.7. The zero-order valence-electron chi connectivity index (χ0n) is 68.0. The molecule has 4 heterocycles. The van der Waals surface area contributed by atoms with Gasteiger partial charge in [-0.05, 0) is 191 Å². The van der Waals surface area contributed by atoms with E-state index in [1.54, 1.807) is 240 Å². The summed E-state index contributed by atoms with van der Waals surface area (Å²) in [5.41, 5.74) is 12.0. The molecule has 0 aliphatic carbocycles. The number of carboxylic acids is 1. The van der Waals surface area contributed by atoms with Gasteiger partial charge in [0.1, 0.15) is 59.1 Å². The lowest BCUT2D eigenvalue weighted by atomic mass is 10.0. The number of nitrogen functional groups attached to an aromatic ring is 1. The van der Waals surface area contributed by atoms with Crippen LogP contribution in [0, 0.1) is 0 Å². The summed E-state index contributed by atoms with van der Waals surface area (Å²) >= 11 is 57.2. The van der Waals surface area contributed by atoms with E-state index in [2.05, 4.69) is 16.0 Å². The number of alkyl halides is 4. The fourth-order valence-electron chi connectivity index (χ4n) is 11.3. The molecule has 0 spiro atoms. The Bertz CT molecular complexity index is 5600. The fourth-order valence-corrected chi connectivity index (χ4v) is 16.4. The van der Waals surface area contributed by atoms with Gasteiger partial charge < -0.3 is 41.0 Å². The predicted octanol–water partition coefficient (Wildman–Crippen LogP) is 27.9. The van der Waals surface area contributed by atoms with E-state index in [4.69, 9.17) is 124 Å².